The summed E-state index contributed by atoms with van der Waals surface area (Å²) in [7, 11) is 0. The van der Waals surface area contributed by atoms with Gasteiger partial charge in [-0.1, -0.05) is 6.92 Å². The number of hydrogen-bond acceptors (Lipinski definition) is 6. The van der Waals surface area contributed by atoms with Crippen molar-refractivity contribution in [2.75, 3.05) is 19.6 Å². The van der Waals surface area contributed by atoms with Crippen LogP contribution >= 0.6 is 0 Å². The zero-order valence-electron chi connectivity index (χ0n) is 11.8. The van der Waals surface area contributed by atoms with Gasteiger partial charge in [0.2, 0.25) is 0 Å². The lowest BCUT2D eigenvalue weighted by molar-refractivity contribution is 0.0953. The molecule has 0 atom stereocenters. The number of nitrogens with zero attached hydrogens (tertiary/aromatic N) is 2. The van der Waals surface area contributed by atoms with Gasteiger partial charge < -0.3 is 20.2 Å². The van der Waals surface area contributed by atoms with Crippen LogP contribution in [0.5, 0.6) is 17.2 Å². The molecule has 7 heteroatoms. The number of nitrogens with one attached hydrogen (secondary N) is 1. The van der Waals surface area contributed by atoms with Crippen LogP contribution in [0.25, 0.3) is 0 Å². The molecule has 0 radical (unpaired) electrons. The number of carbonyl (C=O) groups excluding carboxylic acids is 1. The van der Waals surface area contributed by atoms with E-state index in [9.17, 15) is 20.1 Å². The molecule has 1 saturated heterocycles. The van der Waals surface area contributed by atoms with Gasteiger partial charge in [0.1, 0.15) is 0 Å². The summed E-state index contributed by atoms with van der Waals surface area (Å²) in [6, 6.07) is 2.15. The summed E-state index contributed by atoms with van der Waals surface area (Å²) < 4.78 is 0. The summed E-state index contributed by atoms with van der Waals surface area (Å²) >= 11 is 0. The Morgan fingerprint density at radius 3 is 2.33 bits per heavy atom. The van der Waals surface area contributed by atoms with E-state index in [0.29, 0.717) is 0 Å². The molecule has 1 fully saturated rings. The van der Waals surface area contributed by atoms with Crippen LogP contribution in [0, 0.1) is 0 Å². The van der Waals surface area contributed by atoms with E-state index < -0.39 is 23.2 Å². The van der Waals surface area contributed by atoms with E-state index in [4.69, 9.17) is 0 Å². The molecule has 1 amide bonds. The average Bonchev–Trinajstić information content (AvgIpc) is 2.50. The number of amides is 1. The highest BCUT2D eigenvalue weighted by atomic mass is 16.3. The van der Waals surface area contributed by atoms with Crippen molar-refractivity contribution in [2.24, 2.45) is 5.10 Å². The minimum absolute atomic E-state index is 0.0261. The molecular weight excluding hydrogens is 274 g/mol. The molecule has 1 aliphatic heterocycles. The van der Waals surface area contributed by atoms with Crippen LogP contribution in [0.15, 0.2) is 17.2 Å². The Hall–Kier alpha value is -2.28. The van der Waals surface area contributed by atoms with E-state index >= 15 is 0 Å². The first-order chi connectivity index (χ1) is 10.0. The van der Waals surface area contributed by atoms with Crippen LogP contribution in [0.2, 0.25) is 0 Å². The lowest BCUT2D eigenvalue weighted by Crippen LogP contribution is -2.34. The van der Waals surface area contributed by atoms with E-state index in [1.54, 1.807) is 0 Å². The Labute approximate surface area is 122 Å². The zero-order chi connectivity index (χ0) is 15.4. The van der Waals surface area contributed by atoms with E-state index in [0.717, 1.165) is 50.3 Å². The number of aromatic hydroxyl groups is 3. The fourth-order valence-corrected chi connectivity index (χ4v) is 2.17. The SMILES string of the molecule is CCN1CCC(=NNC(=O)c2cc(O)c(O)c(O)c2)CC1. The molecule has 1 aromatic rings. The molecule has 0 aromatic heterocycles. The topological polar surface area (TPSA) is 105 Å². The van der Waals surface area contributed by atoms with Crippen molar-refractivity contribution >= 4 is 11.6 Å². The van der Waals surface area contributed by atoms with Crippen LogP contribution in [0.3, 0.4) is 0 Å². The predicted molar refractivity (Wildman–Crippen MR) is 77.7 cm³/mol. The normalized spacial score (nSPS) is 15.8. The number of benzene rings is 1. The Balaban J connectivity index is 1.99. The third kappa shape index (κ3) is 3.63. The van der Waals surface area contributed by atoms with Crippen LogP contribution in [0.4, 0.5) is 0 Å². The maximum Gasteiger partial charge on any atom is 0.271 e. The smallest absolute Gasteiger partial charge is 0.271 e. The summed E-state index contributed by atoms with van der Waals surface area (Å²) in [6.45, 7) is 4.96. The molecular formula is C14H19N3O4. The number of carbonyl (C=O) groups is 1. The second-order valence-electron chi connectivity index (χ2n) is 4.92. The molecule has 0 unspecified atom stereocenters. The molecule has 21 heavy (non-hydrogen) atoms. The maximum absolute atomic E-state index is 11.9. The number of phenolic OH excluding ortho intramolecular Hbond substituents is 3. The first-order valence-corrected chi connectivity index (χ1v) is 6.84. The first kappa shape index (κ1) is 15.1. The highest BCUT2D eigenvalue weighted by Crippen LogP contribution is 2.35. The third-order valence-corrected chi connectivity index (χ3v) is 3.53. The van der Waals surface area contributed by atoms with Gasteiger partial charge in [-0.25, -0.2) is 5.43 Å². The molecule has 1 aromatic carbocycles. The summed E-state index contributed by atoms with van der Waals surface area (Å²) in [5, 5.41) is 32.0. The van der Waals surface area contributed by atoms with Crippen LogP contribution in [-0.2, 0) is 0 Å². The minimum Gasteiger partial charge on any atom is -0.504 e. The van der Waals surface area contributed by atoms with Gasteiger partial charge in [-0.2, -0.15) is 5.10 Å². The van der Waals surface area contributed by atoms with Crippen molar-refractivity contribution in [3.05, 3.63) is 17.7 Å². The van der Waals surface area contributed by atoms with E-state index in [2.05, 4.69) is 22.4 Å². The Morgan fingerprint density at radius 1 is 1.24 bits per heavy atom. The minimum atomic E-state index is -0.648. The molecule has 0 bridgehead atoms. The van der Waals surface area contributed by atoms with Crippen LogP contribution in [0.1, 0.15) is 30.1 Å². The van der Waals surface area contributed by atoms with Gasteiger partial charge in [-0.3, -0.25) is 4.79 Å². The van der Waals surface area contributed by atoms with E-state index in [-0.39, 0.29) is 5.56 Å². The Morgan fingerprint density at radius 2 is 1.81 bits per heavy atom. The Kier molecular flexibility index (Phi) is 4.64. The maximum atomic E-state index is 11.9. The predicted octanol–water partition coefficient (Wildman–Crippen LogP) is 1.00. The van der Waals surface area contributed by atoms with Crippen LogP contribution < -0.4 is 5.43 Å². The van der Waals surface area contributed by atoms with Gasteiger partial charge in [-0.05, 0) is 18.7 Å². The lowest BCUT2D eigenvalue weighted by atomic mass is 10.1. The zero-order valence-corrected chi connectivity index (χ0v) is 11.8. The van der Waals surface area contributed by atoms with Crippen molar-refractivity contribution in [1.82, 2.24) is 10.3 Å². The van der Waals surface area contributed by atoms with Crippen molar-refractivity contribution in [3.8, 4) is 17.2 Å². The second kappa shape index (κ2) is 6.45. The van der Waals surface area contributed by atoms with Gasteiger partial charge in [0.05, 0.1) is 0 Å². The number of hydrogen-bond donors (Lipinski definition) is 4. The van der Waals surface area contributed by atoms with E-state index in [1.807, 2.05) is 0 Å². The molecule has 1 aliphatic rings. The number of likely N-dealkylation sites (tertiary alicyclic amines) is 1. The number of rotatable bonds is 3. The monoisotopic (exact) mass is 293 g/mol. The van der Waals surface area contributed by atoms with Gasteiger partial charge in [-0.15, -0.1) is 0 Å². The molecule has 0 spiro atoms. The fourth-order valence-electron chi connectivity index (χ4n) is 2.17. The second-order valence-corrected chi connectivity index (χ2v) is 4.92. The van der Waals surface area contributed by atoms with Crippen molar-refractivity contribution < 1.29 is 20.1 Å². The van der Waals surface area contributed by atoms with Crippen molar-refractivity contribution in [3.63, 3.8) is 0 Å². The van der Waals surface area contributed by atoms with Gasteiger partial charge >= 0.3 is 0 Å². The number of phenols is 3. The largest absolute Gasteiger partial charge is 0.504 e. The van der Waals surface area contributed by atoms with Gasteiger partial charge in [0.25, 0.3) is 5.91 Å². The molecule has 2 rings (SSSR count). The standard InChI is InChI=1S/C14H19N3O4/c1-2-17-5-3-10(4-6-17)15-16-14(21)9-7-11(18)13(20)12(19)8-9/h7-8,18-20H,2-6H2,1H3,(H,16,21). The first-order valence-electron chi connectivity index (χ1n) is 6.84. The van der Waals surface area contributed by atoms with Crippen molar-refractivity contribution in [2.45, 2.75) is 19.8 Å². The molecule has 4 N–H and O–H groups in total. The van der Waals surface area contributed by atoms with Gasteiger partial charge in [0, 0.05) is 37.2 Å². The highest BCUT2D eigenvalue weighted by molar-refractivity contribution is 5.96. The molecule has 1 heterocycles. The van der Waals surface area contributed by atoms with E-state index in [1.165, 1.54) is 0 Å². The number of hydrazone groups is 1. The molecule has 0 saturated carbocycles. The fraction of sp³-hybridized carbons (Fsp3) is 0.429. The van der Waals surface area contributed by atoms with Crippen LogP contribution in [-0.4, -0.2) is 51.5 Å². The lowest BCUT2D eigenvalue weighted by Gasteiger charge is -2.25. The summed E-state index contributed by atoms with van der Waals surface area (Å²) in [6.07, 6.45) is 1.61. The summed E-state index contributed by atoms with van der Waals surface area (Å²) in [5.41, 5.74) is 3.35. The molecule has 7 nitrogen and oxygen atoms in total. The molecule has 0 aliphatic carbocycles. The quantitative estimate of drug-likeness (QED) is 0.491. The highest BCUT2D eigenvalue weighted by Gasteiger charge is 2.15. The third-order valence-electron chi connectivity index (χ3n) is 3.53. The molecule has 114 valence electrons. The van der Waals surface area contributed by atoms with Gasteiger partial charge in [0.15, 0.2) is 17.2 Å². The van der Waals surface area contributed by atoms with Crippen molar-refractivity contribution in [1.29, 1.82) is 0 Å². The summed E-state index contributed by atoms with van der Waals surface area (Å²) in [4.78, 5) is 14.2. The number of piperidine rings is 1. The summed E-state index contributed by atoms with van der Waals surface area (Å²) in [5.74, 6) is -2.30. The Bertz CT molecular complexity index is 538. The average molecular weight is 293 g/mol.